The van der Waals surface area contributed by atoms with E-state index in [4.69, 9.17) is 16.3 Å². The van der Waals surface area contributed by atoms with Gasteiger partial charge in [0.2, 0.25) is 5.88 Å². The van der Waals surface area contributed by atoms with E-state index in [0.29, 0.717) is 16.1 Å². The van der Waals surface area contributed by atoms with E-state index in [9.17, 15) is 26.4 Å². The minimum atomic E-state index is -4.74. The molecule has 0 aliphatic heterocycles. The lowest BCUT2D eigenvalue weighted by molar-refractivity contribution is -0.144. The Labute approximate surface area is 213 Å². The summed E-state index contributed by atoms with van der Waals surface area (Å²) in [4.78, 5) is 14.0. The third kappa shape index (κ3) is 6.41. The zero-order chi connectivity index (χ0) is 26.7. The van der Waals surface area contributed by atoms with Crippen molar-refractivity contribution in [2.45, 2.75) is 26.6 Å². The maximum Gasteiger partial charge on any atom is 0.431 e. The molecule has 2 aromatic carbocycles. The van der Waals surface area contributed by atoms with Crippen molar-refractivity contribution in [2.75, 3.05) is 25.1 Å². The molecule has 0 radical (unpaired) electrons. The molecule has 3 rings (SSSR count). The highest BCUT2D eigenvalue weighted by Crippen LogP contribution is 2.45. The lowest BCUT2D eigenvalue weighted by Crippen LogP contribution is -2.34. The second kappa shape index (κ2) is 11.0. The second-order valence-electron chi connectivity index (χ2n) is 8.26. The van der Waals surface area contributed by atoms with Gasteiger partial charge < -0.3 is 14.2 Å². The Bertz CT molecular complexity index is 1320. The van der Waals surface area contributed by atoms with E-state index in [2.05, 4.69) is 0 Å². The van der Waals surface area contributed by atoms with Crippen molar-refractivity contribution in [1.82, 2.24) is 9.47 Å². The van der Waals surface area contributed by atoms with Crippen molar-refractivity contribution >= 4 is 27.5 Å². The Morgan fingerprint density at radius 2 is 1.69 bits per heavy atom. The van der Waals surface area contributed by atoms with E-state index in [-0.39, 0.29) is 41.6 Å². The summed E-state index contributed by atoms with van der Waals surface area (Å²) in [5, 5.41) is 0.395. The third-order valence-electron chi connectivity index (χ3n) is 5.72. The van der Waals surface area contributed by atoms with Crippen LogP contribution in [0.1, 0.15) is 23.7 Å². The Kier molecular flexibility index (Phi) is 8.40. The Balaban J connectivity index is 2.14. The number of carbonyl (C=O) groups is 1. The van der Waals surface area contributed by atoms with Crippen LogP contribution < -0.4 is 4.74 Å². The number of amides is 1. The van der Waals surface area contributed by atoms with Gasteiger partial charge in [-0.2, -0.15) is 13.2 Å². The second-order valence-corrected chi connectivity index (χ2v) is 11.2. The summed E-state index contributed by atoms with van der Waals surface area (Å²) >= 11 is 5.98. The molecule has 0 saturated heterocycles. The minimum Gasteiger partial charge on any atom is -0.392 e. The molecule has 11 heteroatoms. The van der Waals surface area contributed by atoms with Crippen molar-refractivity contribution in [2.24, 2.45) is 0 Å². The summed E-state index contributed by atoms with van der Waals surface area (Å²) in [6, 6.07) is 14.7. The van der Waals surface area contributed by atoms with Crippen LogP contribution in [0.25, 0.3) is 11.1 Å². The summed E-state index contributed by atoms with van der Waals surface area (Å²) < 4.78 is 73.1. The van der Waals surface area contributed by atoms with Crippen LogP contribution in [0.4, 0.5) is 18.0 Å². The summed E-state index contributed by atoms with van der Waals surface area (Å²) in [6.07, 6.45) is -5.72. The summed E-state index contributed by atoms with van der Waals surface area (Å²) in [5.41, 5.74) is -0.0125. The highest BCUT2D eigenvalue weighted by Gasteiger charge is 2.41. The molecule has 1 heterocycles. The van der Waals surface area contributed by atoms with Gasteiger partial charge >= 0.3 is 12.3 Å². The van der Waals surface area contributed by atoms with E-state index >= 15 is 0 Å². The molecular formula is C25H26ClF3N2O4S. The highest BCUT2D eigenvalue weighted by atomic mass is 35.5. The van der Waals surface area contributed by atoms with Gasteiger partial charge in [-0.3, -0.25) is 0 Å². The lowest BCUT2D eigenvalue weighted by Gasteiger charge is -2.20. The number of nitrogens with zero attached hydrogens (tertiary/aromatic N) is 2. The number of halogens is 4. The van der Waals surface area contributed by atoms with Crippen molar-refractivity contribution < 1.29 is 31.1 Å². The van der Waals surface area contributed by atoms with Gasteiger partial charge in [-0.25, -0.2) is 13.2 Å². The van der Waals surface area contributed by atoms with Crippen LogP contribution in [0.3, 0.4) is 0 Å². The first-order valence-corrected chi connectivity index (χ1v) is 13.3. The average Bonchev–Trinajstić information content (AvgIpc) is 3.09. The van der Waals surface area contributed by atoms with Crippen molar-refractivity contribution in [3.63, 3.8) is 0 Å². The van der Waals surface area contributed by atoms with E-state index in [1.165, 1.54) is 33.0 Å². The number of hydrogen-bond acceptors (Lipinski definition) is 4. The number of ether oxygens (including phenoxy) is 1. The van der Waals surface area contributed by atoms with Crippen molar-refractivity contribution in [1.29, 1.82) is 0 Å². The molecule has 0 unspecified atom stereocenters. The molecule has 36 heavy (non-hydrogen) atoms. The van der Waals surface area contributed by atoms with E-state index < -0.39 is 27.8 Å². The molecule has 3 aromatic rings. The zero-order valence-electron chi connectivity index (χ0n) is 20.0. The molecule has 0 atom stereocenters. The maximum absolute atomic E-state index is 14.3. The Morgan fingerprint density at radius 3 is 2.25 bits per heavy atom. The molecule has 0 saturated carbocycles. The van der Waals surface area contributed by atoms with Gasteiger partial charge in [-0.1, -0.05) is 61.0 Å². The molecule has 0 fully saturated rings. The summed E-state index contributed by atoms with van der Waals surface area (Å²) in [7, 11) is -2.03. The Hall–Kier alpha value is -2.98. The summed E-state index contributed by atoms with van der Waals surface area (Å²) in [5.74, 6) is -0.678. The fraction of sp³-hybridized carbons (Fsp3) is 0.320. The molecule has 0 aliphatic carbocycles. The van der Waals surface area contributed by atoms with Crippen LogP contribution in [0.2, 0.25) is 5.02 Å². The number of rotatable bonds is 8. The van der Waals surface area contributed by atoms with Gasteiger partial charge in [0.25, 0.3) is 0 Å². The van der Waals surface area contributed by atoms with Gasteiger partial charge in [0.15, 0.2) is 9.84 Å². The van der Waals surface area contributed by atoms with E-state index in [1.54, 1.807) is 42.5 Å². The lowest BCUT2D eigenvalue weighted by atomic mass is 10.0. The minimum absolute atomic E-state index is 0.0926. The zero-order valence-corrected chi connectivity index (χ0v) is 21.5. The number of aromatic nitrogens is 1. The third-order valence-corrected chi connectivity index (χ3v) is 7.65. The molecule has 0 spiro atoms. The quantitative estimate of drug-likeness (QED) is 0.347. The normalized spacial score (nSPS) is 12.0. The molecule has 0 aliphatic rings. The highest BCUT2D eigenvalue weighted by molar-refractivity contribution is 7.91. The van der Waals surface area contributed by atoms with Crippen LogP contribution in [0, 0.1) is 6.92 Å². The summed E-state index contributed by atoms with van der Waals surface area (Å²) in [6.45, 7) is 2.43. The van der Waals surface area contributed by atoms with Crippen LogP contribution >= 0.6 is 11.6 Å². The van der Waals surface area contributed by atoms with E-state index in [0.717, 1.165) is 9.47 Å². The largest absolute Gasteiger partial charge is 0.431 e. The van der Waals surface area contributed by atoms with E-state index in [1.807, 2.05) is 0 Å². The van der Waals surface area contributed by atoms with Gasteiger partial charge in [-0.15, -0.1) is 0 Å². The van der Waals surface area contributed by atoms with Crippen molar-refractivity contribution in [3.8, 4) is 17.0 Å². The number of alkyl halides is 3. The van der Waals surface area contributed by atoms with Gasteiger partial charge in [0.05, 0.1) is 12.3 Å². The number of hydrogen-bond donors (Lipinski definition) is 0. The van der Waals surface area contributed by atoms with Crippen LogP contribution in [0.5, 0.6) is 5.88 Å². The molecule has 1 aromatic heterocycles. The first-order valence-electron chi connectivity index (χ1n) is 11.1. The number of carbonyl (C=O) groups excluding carboxylic acids is 1. The average molecular weight is 543 g/mol. The van der Waals surface area contributed by atoms with Crippen LogP contribution in [-0.4, -0.2) is 49.1 Å². The molecular weight excluding hydrogens is 517 g/mol. The maximum atomic E-state index is 14.3. The van der Waals surface area contributed by atoms with Crippen LogP contribution in [0.15, 0.2) is 54.6 Å². The fourth-order valence-electron chi connectivity index (χ4n) is 3.74. The number of benzene rings is 2. The van der Waals surface area contributed by atoms with Crippen LogP contribution in [-0.2, 0) is 22.6 Å². The topological polar surface area (TPSA) is 68.6 Å². The molecule has 0 N–H and O–H groups in total. The SMILES string of the molecule is CCS(=O)(=O)CCN(C)C(=O)Oc1c(-c2ccc(Cl)cc2)c(C)c(C(F)(F)F)n1Cc1ccccc1. The molecule has 6 nitrogen and oxygen atoms in total. The molecule has 1 amide bonds. The Morgan fingerprint density at radius 1 is 1.08 bits per heavy atom. The van der Waals surface area contributed by atoms with Gasteiger partial charge in [0.1, 0.15) is 5.69 Å². The van der Waals surface area contributed by atoms with Crippen molar-refractivity contribution in [3.05, 3.63) is 76.4 Å². The molecule has 0 bridgehead atoms. The fourth-order valence-corrected chi connectivity index (χ4v) is 4.70. The first-order chi connectivity index (χ1) is 16.8. The van der Waals surface area contributed by atoms with Gasteiger partial charge in [-0.05, 0) is 35.7 Å². The first kappa shape index (κ1) is 27.6. The van der Waals surface area contributed by atoms with Gasteiger partial charge in [0, 0.05) is 29.9 Å². The standard InChI is InChI=1S/C25H26ClF3N2O4S/c1-4-36(33,34)15-14-30(3)24(32)35-23-21(19-10-12-20(26)13-11-19)17(2)22(25(27,28)29)31(23)16-18-8-6-5-7-9-18/h5-13H,4,14-16H2,1-3H3. The predicted octanol–water partition coefficient (Wildman–Crippen LogP) is 6.05. The predicted molar refractivity (Wildman–Crippen MR) is 133 cm³/mol. The number of sulfone groups is 1. The monoisotopic (exact) mass is 542 g/mol. The molecule has 194 valence electrons. The smallest absolute Gasteiger partial charge is 0.392 e.